The Morgan fingerprint density at radius 1 is 1.30 bits per heavy atom. The van der Waals surface area contributed by atoms with E-state index in [1.165, 1.54) is 19.3 Å². The van der Waals surface area contributed by atoms with Crippen LogP contribution in [0.25, 0.3) is 0 Å². The quantitative estimate of drug-likeness (QED) is 0.891. The van der Waals surface area contributed by atoms with Gasteiger partial charge in [0.15, 0.2) is 0 Å². The second-order valence-corrected chi connectivity index (χ2v) is 5.95. The Kier molecular flexibility index (Phi) is 4.32. The summed E-state index contributed by atoms with van der Waals surface area (Å²) in [6, 6.07) is 7.83. The van der Waals surface area contributed by atoms with E-state index in [-0.39, 0.29) is 12.1 Å². The Labute approximate surface area is 121 Å². The van der Waals surface area contributed by atoms with Gasteiger partial charge in [-0.2, -0.15) is 5.26 Å². The molecule has 108 valence electrons. The van der Waals surface area contributed by atoms with Gasteiger partial charge in [0.2, 0.25) is 0 Å². The van der Waals surface area contributed by atoms with E-state index in [9.17, 15) is 5.26 Å². The van der Waals surface area contributed by atoms with Crippen molar-refractivity contribution in [3.05, 3.63) is 29.3 Å². The molecule has 0 heterocycles. The molecular formula is C16H23N3O. The lowest BCUT2D eigenvalue weighted by Gasteiger charge is -2.49. The van der Waals surface area contributed by atoms with Gasteiger partial charge in [-0.15, -0.1) is 0 Å². The van der Waals surface area contributed by atoms with Crippen molar-refractivity contribution < 1.29 is 5.11 Å². The Balaban J connectivity index is 2.21. The van der Waals surface area contributed by atoms with Gasteiger partial charge in [0, 0.05) is 19.1 Å². The first-order valence-corrected chi connectivity index (χ1v) is 7.05. The predicted octanol–water partition coefficient (Wildman–Crippen LogP) is 1.97. The van der Waals surface area contributed by atoms with Crippen LogP contribution in [0, 0.1) is 11.3 Å². The van der Waals surface area contributed by atoms with Crippen LogP contribution >= 0.6 is 0 Å². The number of nitrogens with zero attached hydrogens (tertiary/aromatic N) is 3. The molecule has 4 nitrogen and oxygen atoms in total. The number of benzene rings is 1. The van der Waals surface area contributed by atoms with Crippen molar-refractivity contribution in [2.45, 2.75) is 31.4 Å². The van der Waals surface area contributed by atoms with E-state index in [1.54, 1.807) is 6.07 Å². The van der Waals surface area contributed by atoms with Crippen LogP contribution in [-0.2, 0) is 6.61 Å². The minimum atomic E-state index is -0.0275. The molecule has 0 amide bonds. The smallest absolute Gasteiger partial charge is 0.101 e. The fourth-order valence-electron chi connectivity index (χ4n) is 2.96. The highest BCUT2D eigenvalue weighted by molar-refractivity contribution is 5.60. The fourth-order valence-corrected chi connectivity index (χ4v) is 2.96. The Morgan fingerprint density at radius 2 is 2.00 bits per heavy atom. The molecule has 1 aliphatic carbocycles. The lowest BCUT2D eigenvalue weighted by molar-refractivity contribution is 0.0683. The molecule has 1 aromatic carbocycles. The van der Waals surface area contributed by atoms with Gasteiger partial charge >= 0.3 is 0 Å². The molecule has 4 heteroatoms. The molecule has 2 rings (SSSR count). The van der Waals surface area contributed by atoms with Gasteiger partial charge in [0.1, 0.15) is 6.07 Å². The molecule has 1 aliphatic rings. The molecule has 1 N–H and O–H groups in total. The van der Waals surface area contributed by atoms with E-state index in [2.05, 4.69) is 30.0 Å². The number of nitriles is 1. The summed E-state index contributed by atoms with van der Waals surface area (Å²) in [6.07, 6.45) is 3.70. The van der Waals surface area contributed by atoms with Crippen LogP contribution in [0.4, 0.5) is 5.69 Å². The van der Waals surface area contributed by atoms with Crippen LogP contribution in [-0.4, -0.2) is 43.2 Å². The molecule has 0 aliphatic heterocycles. The molecule has 0 unspecified atom stereocenters. The summed E-state index contributed by atoms with van der Waals surface area (Å²) >= 11 is 0. The summed E-state index contributed by atoms with van der Waals surface area (Å²) in [5.41, 5.74) is 2.59. The topological polar surface area (TPSA) is 50.5 Å². The zero-order chi connectivity index (χ0) is 14.8. The van der Waals surface area contributed by atoms with Crippen molar-refractivity contribution in [1.82, 2.24) is 4.90 Å². The van der Waals surface area contributed by atoms with Crippen molar-refractivity contribution in [2.24, 2.45) is 0 Å². The predicted molar refractivity (Wildman–Crippen MR) is 80.6 cm³/mol. The number of hydrogen-bond donors (Lipinski definition) is 1. The van der Waals surface area contributed by atoms with Gasteiger partial charge < -0.3 is 14.9 Å². The van der Waals surface area contributed by atoms with Crippen molar-refractivity contribution in [3.63, 3.8) is 0 Å². The van der Waals surface area contributed by atoms with E-state index < -0.39 is 0 Å². The minimum Gasteiger partial charge on any atom is -0.392 e. The third-order valence-corrected chi connectivity index (χ3v) is 4.54. The average molecular weight is 273 g/mol. The molecule has 0 spiro atoms. The lowest BCUT2D eigenvalue weighted by Crippen LogP contribution is -2.56. The zero-order valence-electron chi connectivity index (χ0n) is 12.6. The first kappa shape index (κ1) is 14.8. The Morgan fingerprint density at radius 3 is 2.45 bits per heavy atom. The largest absolute Gasteiger partial charge is 0.392 e. The van der Waals surface area contributed by atoms with Gasteiger partial charge in [-0.25, -0.2) is 0 Å². The average Bonchev–Trinajstić information content (AvgIpc) is 2.41. The standard InChI is InChI=1S/C16H23N3O/c1-18(2)16(7-4-8-16)12-19(3)15-6-5-13(11-20)9-14(15)10-17/h5-6,9,20H,4,7-8,11-12H2,1-3H3. The number of aliphatic hydroxyl groups excluding tert-OH is 1. The molecular weight excluding hydrogens is 250 g/mol. The maximum Gasteiger partial charge on any atom is 0.101 e. The maximum atomic E-state index is 9.30. The normalized spacial score (nSPS) is 16.6. The van der Waals surface area contributed by atoms with Crippen LogP contribution in [0.1, 0.15) is 30.4 Å². The second kappa shape index (κ2) is 5.82. The highest BCUT2D eigenvalue weighted by Gasteiger charge is 2.40. The Hall–Kier alpha value is -1.57. The molecule has 1 saturated carbocycles. The van der Waals surface area contributed by atoms with Crippen molar-refractivity contribution >= 4 is 5.69 Å². The number of anilines is 1. The van der Waals surface area contributed by atoms with Crippen molar-refractivity contribution in [1.29, 1.82) is 5.26 Å². The van der Waals surface area contributed by atoms with Crippen LogP contribution in [0.15, 0.2) is 18.2 Å². The van der Waals surface area contributed by atoms with Gasteiger partial charge in [-0.1, -0.05) is 6.07 Å². The van der Waals surface area contributed by atoms with Crippen LogP contribution in [0.3, 0.4) is 0 Å². The van der Waals surface area contributed by atoms with Crippen molar-refractivity contribution in [3.8, 4) is 6.07 Å². The van der Waals surface area contributed by atoms with Crippen LogP contribution < -0.4 is 4.90 Å². The van der Waals surface area contributed by atoms with Crippen LogP contribution in [0.2, 0.25) is 0 Å². The molecule has 20 heavy (non-hydrogen) atoms. The minimum absolute atomic E-state index is 0.0275. The first-order valence-electron chi connectivity index (χ1n) is 7.05. The van der Waals surface area contributed by atoms with E-state index in [4.69, 9.17) is 5.11 Å². The van der Waals surface area contributed by atoms with Gasteiger partial charge in [-0.3, -0.25) is 0 Å². The van der Waals surface area contributed by atoms with Crippen LogP contribution in [0.5, 0.6) is 0 Å². The van der Waals surface area contributed by atoms with E-state index >= 15 is 0 Å². The molecule has 0 radical (unpaired) electrons. The van der Waals surface area contributed by atoms with Crippen molar-refractivity contribution in [2.75, 3.05) is 32.6 Å². The van der Waals surface area contributed by atoms with E-state index in [1.807, 2.05) is 19.2 Å². The summed E-state index contributed by atoms with van der Waals surface area (Å²) < 4.78 is 0. The third-order valence-electron chi connectivity index (χ3n) is 4.54. The monoisotopic (exact) mass is 273 g/mol. The maximum absolute atomic E-state index is 9.30. The summed E-state index contributed by atoms with van der Waals surface area (Å²) in [5, 5.41) is 18.5. The number of rotatable bonds is 5. The van der Waals surface area contributed by atoms with Gasteiger partial charge in [0.05, 0.1) is 17.9 Å². The SMILES string of the molecule is CN(CC1(N(C)C)CCC1)c1ccc(CO)cc1C#N. The number of aliphatic hydroxyl groups is 1. The third kappa shape index (κ3) is 2.65. The first-order chi connectivity index (χ1) is 9.52. The van der Waals surface area contributed by atoms with Gasteiger partial charge in [-0.05, 0) is 51.1 Å². The molecule has 0 saturated heterocycles. The van der Waals surface area contributed by atoms with E-state index in [0.717, 1.165) is 17.8 Å². The summed E-state index contributed by atoms with van der Waals surface area (Å²) in [6.45, 7) is 0.896. The molecule has 1 aromatic rings. The highest BCUT2D eigenvalue weighted by atomic mass is 16.3. The molecule has 0 atom stereocenters. The number of likely N-dealkylation sites (N-methyl/N-ethyl adjacent to an activating group) is 2. The Bertz CT molecular complexity index is 515. The van der Waals surface area contributed by atoms with E-state index in [0.29, 0.717) is 5.56 Å². The highest BCUT2D eigenvalue weighted by Crippen LogP contribution is 2.37. The summed E-state index contributed by atoms with van der Waals surface area (Å²) in [4.78, 5) is 4.47. The second-order valence-electron chi connectivity index (χ2n) is 5.95. The zero-order valence-corrected chi connectivity index (χ0v) is 12.6. The molecule has 1 fully saturated rings. The molecule has 0 aromatic heterocycles. The van der Waals surface area contributed by atoms with Gasteiger partial charge in [0.25, 0.3) is 0 Å². The fraction of sp³-hybridized carbons (Fsp3) is 0.562. The lowest BCUT2D eigenvalue weighted by atomic mass is 9.75. The summed E-state index contributed by atoms with van der Waals surface area (Å²) in [5.74, 6) is 0. The summed E-state index contributed by atoms with van der Waals surface area (Å²) in [7, 11) is 6.30. The molecule has 0 bridgehead atoms. The number of hydrogen-bond acceptors (Lipinski definition) is 4.